The highest BCUT2D eigenvalue weighted by Crippen LogP contribution is 2.43. The van der Waals surface area contributed by atoms with Crippen LogP contribution in [-0.4, -0.2) is 50.1 Å². The van der Waals surface area contributed by atoms with Gasteiger partial charge in [-0.1, -0.05) is 86.8 Å². The summed E-state index contributed by atoms with van der Waals surface area (Å²) in [5, 5.41) is 45.1. The monoisotopic (exact) mass is 414 g/mol. The van der Waals surface area contributed by atoms with Gasteiger partial charge in [0.25, 0.3) is 0 Å². The highest BCUT2D eigenvalue weighted by Gasteiger charge is 2.60. The summed E-state index contributed by atoms with van der Waals surface area (Å²) in [5.41, 5.74) is -1.76. The van der Waals surface area contributed by atoms with E-state index >= 15 is 0 Å². The van der Waals surface area contributed by atoms with E-state index in [1.165, 1.54) is 0 Å². The third-order valence-corrected chi connectivity index (χ3v) is 6.20. The van der Waals surface area contributed by atoms with Crippen LogP contribution in [0.5, 0.6) is 0 Å². The van der Waals surface area contributed by atoms with Gasteiger partial charge in [0.1, 0.15) is 17.3 Å². The molecule has 0 saturated carbocycles. The predicted octanol–water partition coefficient (Wildman–Crippen LogP) is 2.98. The number of ether oxygens (including phenoxy) is 1. The van der Waals surface area contributed by atoms with Gasteiger partial charge >= 0.3 is 0 Å². The molecule has 0 amide bonds. The van der Waals surface area contributed by atoms with Crippen molar-refractivity contribution in [3.8, 4) is 0 Å². The fraction of sp³-hybridized carbons (Fsp3) is 0.520. The Bertz CT molecular complexity index is 768. The molecule has 1 fully saturated rings. The minimum atomic E-state index is -1.77. The van der Waals surface area contributed by atoms with Crippen molar-refractivity contribution >= 4 is 0 Å². The Morgan fingerprint density at radius 3 is 2.07 bits per heavy atom. The van der Waals surface area contributed by atoms with Gasteiger partial charge < -0.3 is 25.2 Å². The molecule has 1 saturated heterocycles. The van der Waals surface area contributed by atoms with Gasteiger partial charge in [0, 0.05) is 19.3 Å². The maximum absolute atomic E-state index is 12.0. The van der Waals surface area contributed by atoms with Crippen LogP contribution in [0.2, 0.25) is 0 Å². The number of hydrogen-bond acceptors (Lipinski definition) is 5. The SMILES string of the molecule is CCCCCC(O)[C@H]1O[C@H](O)C[C@](O)(Cc2ccccc2)[C@@]1(O)Cc1ccccc1. The summed E-state index contributed by atoms with van der Waals surface area (Å²) in [6, 6.07) is 18.8. The molecular formula is C25H34O5. The van der Waals surface area contributed by atoms with E-state index in [-0.39, 0.29) is 19.3 Å². The number of hydrogen-bond donors (Lipinski definition) is 4. The summed E-state index contributed by atoms with van der Waals surface area (Å²) in [7, 11) is 0. The van der Waals surface area contributed by atoms with Crippen LogP contribution in [0.15, 0.2) is 60.7 Å². The van der Waals surface area contributed by atoms with Crippen LogP contribution in [0.25, 0.3) is 0 Å². The van der Waals surface area contributed by atoms with E-state index in [1.807, 2.05) is 60.7 Å². The molecule has 0 aromatic heterocycles. The third kappa shape index (κ3) is 5.10. The lowest BCUT2D eigenvalue weighted by molar-refractivity contribution is -0.326. The van der Waals surface area contributed by atoms with Gasteiger partial charge in [0.05, 0.1) is 6.10 Å². The first-order valence-electron chi connectivity index (χ1n) is 10.9. The smallest absolute Gasteiger partial charge is 0.158 e. The fourth-order valence-corrected chi connectivity index (χ4v) is 4.56. The van der Waals surface area contributed by atoms with E-state index < -0.39 is 29.7 Å². The maximum atomic E-state index is 12.0. The second-order valence-corrected chi connectivity index (χ2v) is 8.56. The molecule has 30 heavy (non-hydrogen) atoms. The number of rotatable bonds is 9. The highest BCUT2D eigenvalue weighted by molar-refractivity contribution is 5.26. The Morgan fingerprint density at radius 2 is 1.50 bits per heavy atom. The van der Waals surface area contributed by atoms with Crippen molar-refractivity contribution in [3.05, 3.63) is 71.8 Å². The number of aliphatic hydroxyl groups excluding tert-OH is 2. The van der Waals surface area contributed by atoms with Crippen molar-refractivity contribution in [2.75, 3.05) is 0 Å². The molecule has 1 aliphatic heterocycles. The van der Waals surface area contributed by atoms with Crippen molar-refractivity contribution < 1.29 is 25.2 Å². The summed E-state index contributed by atoms with van der Waals surface area (Å²) in [6.07, 6.45) is -0.0608. The van der Waals surface area contributed by atoms with Gasteiger partial charge in [-0.25, -0.2) is 0 Å². The van der Waals surface area contributed by atoms with Crippen LogP contribution < -0.4 is 0 Å². The lowest BCUT2D eigenvalue weighted by Gasteiger charge is -2.54. The summed E-state index contributed by atoms with van der Waals surface area (Å²) in [6.45, 7) is 2.08. The molecule has 2 aromatic rings. The van der Waals surface area contributed by atoms with Crippen molar-refractivity contribution in [2.45, 2.75) is 81.6 Å². The third-order valence-electron chi connectivity index (χ3n) is 6.20. The van der Waals surface area contributed by atoms with Gasteiger partial charge in [0.2, 0.25) is 0 Å². The lowest BCUT2D eigenvalue weighted by Crippen LogP contribution is -2.71. The Kier molecular flexibility index (Phi) is 7.66. The zero-order chi connectivity index (χ0) is 21.6. The van der Waals surface area contributed by atoms with E-state index in [0.29, 0.717) is 6.42 Å². The summed E-state index contributed by atoms with van der Waals surface area (Å²) < 4.78 is 5.70. The van der Waals surface area contributed by atoms with Crippen LogP contribution in [-0.2, 0) is 17.6 Å². The average Bonchev–Trinajstić information content (AvgIpc) is 2.72. The van der Waals surface area contributed by atoms with Gasteiger partial charge in [-0.15, -0.1) is 0 Å². The van der Waals surface area contributed by atoms with Crippen LogP contribution in [0, 0.1) is 0 Å². The molecule has 0 radical (unpaired) electrons. The first-order chi connectivity index (χ1) is 14.4. The topological polar surface area (TPSA) is 90.2 Å². The molecule has 1 aliphatic rings. The molecule has 2 aromatic carbocycles. The van der Waals surface area contributed by atoms with E-state index in [1.54, 1.807) is 0 Å². The number of benzene rings is 2. The number of unbranched alkanes of at least 4 members (excludes halogenated alkanes) is 2. The molecular weight excluding hydrogens is 380 g/mol. The molecule has 0 spiro atoms. The second-order valence-electron chi connectivity index (χ2n) is 8.56. The molecule has 5 heteroatoms. The molecule has 1 heterocycles. The minimum absolute atomic E-state index is 0.111. The Hall–Kier alpha value is -1.76. The molecule has 0 bridgehead atoms. The molecule has 4 N–H and O–H groups in total. The average molecular weight is 415 g/mol. The van der Waals surface area contributed by atoms with E-state index in [0.717, 1.165) is 30.4 Å². The highest BCUT2D eigenvalue weighted by atomic mass is 16.6. The van der Waals surface area contributed by atoms with Crippen molar-refractivity contribution in [1.29, 1.82) is 0 Å². The van der Waals surface area contributed by atoms with Crippen LogP contribution in [0.3, 0.4) is 0 Å². The molecule has 5 nitrogen and oxygen atoms in total. The molecule has 1 unspecified atom stereocenters. The van der Waals surface area contributed by atoms with Gasteiger partial charge in [-0.3, -0.25) is 0 Å². The standard InChI is InChI=1S/C25H34O5/c1-2-3-6-15-21(26)23-25(29,17-20-13-9-5-10-14-20)24(28,18-22(27)30-23)16-19-11-7-4-8-12-19/h4-5,7-14,21-23,26-29H,2-3,6,15-18H2,1H3/t21?,22-,23+,24+,25+/m0/s1. The van der Waals surface area contributed by atoms with Gasteiger partial charge in [-0.05, 0) is 17.5 Å². The number of aliphatic hydroxyl groups is 4. The van der Waals surface area contributed by atoms with E-state index in [2.05, 4.69) is 6.92 Å². The summed E-state index contributed by atoms with van der Waals surface area (Å²) >= 11 is 0. The minimum Gasteiger partial charge on any atom is -0.390 e. The fourth-order valence-electron chi connectivity index (χ4n) is 4.56. The molecule has 164 valence electrons. The lowest BCUT2D eigenvalue weighted by atomic mass is 9.66. The van der Waals surface area contributed by atoms with Crippen molar-refractivity contribution in [1.82, 2.24) is 0 Å². The van der Waals surface area contributed by atoms with E-state index in [4.69, 9.17) is 4.74 Å². The maximum Gasteiger partial charge on any atom is 0.158 e. The molecule has 0 aliphatic carbocycles. The van der Waals surface area contributed by atoms with Crippen LogP contribution in [0.4, 0.5) is 0 Å². The summed E-state index contributed by atoms with van der Waals surface area (Å²) in [4.78, 5) is 0. The first-order valence-corrected chi connectivity index (χ1v) is 10.9. The van der Waals surface area contributed by atoms with Crippen molar-refractivity contribution in [3.63, 3.8) is 0 Å². The van der Waals surface area contributed by atoms with Gasteiger partial charge in [-0.2, -0.15) is 0 Å². The normalized spacial score (nSPS) is 30.2. The molecule has 3 rings (SSSR count). The van der Waals surface area contributed by atoms with Gasteiger partial charge in [0.15, 0.2) is 6.29 Å². The molecule has 5 atom stereocenters. The largest absolute Gasteiger partial charge is 0.390 e. The van der Waals surface area contributed by atoms with Crippen molar-refractivity contribution in [2.24, 2.45) is 0 Å². The van der Waals surface area contributed by atoms with E-state index in [9.17, 15) is 20.4 Å². The zero-order valence-corrected chi connectivity index (χ0v) is 17.7. The Balaban J connectivity index is 1.96. The zero-order valence-electron chi connectivity index (χ0n) is 17.7. The Morgan fingerprint density at radius 1 is 0.933 bits per heavy atom. The summed E-state index contributed by atoms with van der Waals surface area (Å²) in [5.74, 6) is 0. The predicted molar refractivity (Wildman–Crippen MR) is 116 cm³/mol. The second kappa shape index (κ2) is 10.0. The quantitative estimate of drug-likeness (QED) is 0.474. The Labute approximate surface area is 179 Å². The van der Waals surface area contributed by atoms with Crippen LogP contribution in [0.1, 0.15) is 50.2 Å². The first kappa shape index (κ1) is 22.9. The van der Waals surface area contributed by atoms with Crippen LogP contribution >= 0.6 is 0 Å².